The lowest BCUT2D eigenvalue weighted by molar-refractivity contribution is 0.537. The van der Waals surface area contributed by atoms with Crippen LogP contribution in [0.5, 0.6) is 0 Å². The third-order valence-electron chi connectivity index (χ3n) is 2.04. The standard InChI is InChI=1S/C11H11O2S/c1-14(2)10-8-6-4-3-5-7-9(8)13-11(10)12/h3-7H,1-2H3/q+1. The van der Waals surface area contributed by atoms with Crippen molar-refractivity contribution < 1.29 is 4.42 Å². The zero-order chi connectivity index (χ0) is 10.1. The molecule has 0 aromatic carbocycles. The molecule has 2 rings (SSSR count). The summed E-state index contributed by atoms with van der Waals surface area (Å²) in [6, 6.07) is 9.48. The van der Waals surface area contributed by atoms with Gasteiger partial charge in [-0.2, -0.15) is 0 Å². The van der Waals surface area contributed by atoms with Gasteiger partial charge >= 0.3 is 5.63 Å². The Labute approximate surface area is 85.3 Å². The highest BCUT2D eigenvalue weighted by Gasteiger charge is 2.26. The summed E-state index contributed by atoms with van der Waals surface area (Å²) in [7, 11) is -0.0618. The van der Waals surface area contributed by atoms with E-state index in [2.05, 4.69) is 0 Å². The lowest BCUT2D eigenvalue weighted by Crippen LogP contribution is -2.07. The van der Waals surface area contributed by atoms with E-state index in [1.807, 2.05) is 42.8 Å². The normalized spacial score (nSPS) is 11.1. The molecule has 0 fully saturated rings. The van der Waals surface area contributed by atoms with Gasteiger partial charge in [0.05, 0.1) is 5.56 Å². The summed E-state index contributed by atoms with van der Waals surface area (Å²) in [5, 5.41) is 0. The van der Waals surface area contributed by atoms with E-state index in [0.717, 1.165) is 10.5 Å². The summed E-state index contributed by atoms with van der Waals surface area (Å²) in [4.78, 5) is 12.3. The molecule has 0 saturated carbocycles. The maximum Gasteiger partial charge on any atom is 0.393 e. The average Bonchev–Trinajstić information content (AvgIpc) is 2.31. The van der Waals surface area contributed by atoms with Crippen LogP contribution in [0.1, 0.15) is 0 Å². The number of hydrogen-bond acceptors (Lipinski definition) is 2. The van der Waals surface area contributed by atoms with Crippen LogP contribution in [0.2, 0.25) is 0 Å². The summed E-state index contributed by atoms with van der Waals surface area (Å²) < 4.78 is 5.17. The van der Waals surface area contributed by atoms with Gasteiger partial charge in [-0.1, -0.05) is 18.2 Å². The van der Waals surface area contributed by atoms with Gasteiger partial charge in [0.2, 0.25) is 0 Å². The van der Waals surface area contributed by atoms with Gasteiger partial charge in [-0.25, -0.2) is 4.79 Å². The molecule has 0 atom stereocenters. The predicted molar refractivity (Wildman–Crippen MR) is 59.1 cm³/mol. The van der Waals surface area contributed by atoms with Crippen LogP contribution in [0.3, 0.4) is 0 Å². The third-order valence-corrected chi connectivity index (χ3v) is 3.24. The first-order valence-corrected chi connectivity index (χ1v) is 6.33. The smallest absolute Gasteiger partial charge is 0.393 e. The topological polar surface area (TPSA) is 30.2 Å². The minimum Gasteiger partial charge on any atom is -0.419 e. The van der Waals surface area contributed by atoms with E-state index in [4.69, 9.17) is 4.42 Å². The van der Waals surface area contributed by atoms with Crippen molar-refractivity contribution in [2.75, 3.05) is 12.5 Å². The minimum atomic E-state index is -0.195. The molecule has 0 bridgehead atoms. The van der Waals surface area contributed by atoms with Crippen LogP contribution < -0.4 is 5.63 Å². The van der Waals surface area contributed by atoms with E-state index in [0.29, 0.717) is 5.76 Å². The predicted octanol–water partition coefficient (Wildman–Crippen LogP) is 1.98. The number of hydrogen-bond donors (Lipinski definition) is 0. The Morgan fingerprint density at radius 1 is 1.14 bits per heavy atom. The van der Waals surface area contributed by atoms with E-state index in [9.17, 15) is 4.79 Å². The summed E-state index contributed by atoms with van der Waals surface area (Å²) in [5.41, 5.74) is 0.743. The van der Waals surface area contributed by atoms with Crippen LogP contribution in [-0.4, -0.2) is 12.5 Å². The van der Waals surface area contributed by atoms with Gasteiger partial charge in [0.25, 0.3) is 4.90 Å². The summed E-state index contributed by atoms with van der Waals surface area (Å²) >= 11 is 0. The van der Waals surface area contributed by atoms with Crippen LogP contribution in [0.4, 0.5) is 0 Å². The van der Waals surface area contributed by atoms with Crippen molar-refractivity contribution in [3.05, 3.63) is 40.8 Å². The van der Waals surface area contributed by atoms with Gasteiger partial charge in [-0.05, 0) is 12.1 Å². The highest BCUT2D eigenvalue weighted by molar-refractivity contribution is 7.95. The fourth-order valence-corrected chi connectivity index (χ4v) is 2.43. The first-order valence-electron chi connectivity index (χ1n) is 4.29. The average molecular weight is 207 g/mol. The molecule has 2 aliphatic rings. The molecule has 0 radical (unpaired) electrons. The molecule has 0 aromatic heterocycles. The maximum atomic E-state index is 11.5. The van der Waals surface area contributed by atoms with Crippen molar-refractivity contribution in [2.24, 2.45) is 0 Å². The van der Waals surface area contributed by atoms with Gasteiger partial charge in [0.15, 0.2) is 0 Å². The highest BCUT2D eigenvalue weighted by Crippen LogP contribution is 2.26. The van der Waals surface area contributed by atoms with Crippen molar-refractivity contribution in [3.63, 3.8) is 0 Å². The molecule has 3 heteroatoms. The molecule has 0 aromatic rings. The lowest BCUT2D eigenvalue weighted by atomic mass is 10.2. The van der Waals surface area contributed by atoms with E-state index < -0.39 is 0 Å². The van der Waals surface area contributed by atoms with Gasteiger partial charge in [0, 0.05) is 10.9 Å². The Morgan fingerprint density at radius 3 is 2.57 bits per heavy atom. The maximum absolute atomic E-state index is 11.5. The SMILES string of the molecule is C[S+](C)c1c2cccccc-2oc1=O. The molecule has 0 amide bonds. The summed E-state index contributed by atoms with van der Waals surface area (Å²) in [5.74, 6) is 0.677. The fourth-order valence-electron chi connectivity index (χ4n) is 1.45. The second-order valence-corrected chi connectivity index (χ2v) is 5.26. The fraction of sp³-hybridized carbons (Fsp3) is 0.182. The Hall–Kier alpha value is -1.22. The first kappa shape index (κ1) is 9.34. The van der Waals surface area contributed by atoms with E-state index >= 15 is 0 Å². The van der Waals surface area contributed by atoms with Gasteiger partial charge in [-0.15, -0.1) is 0 Å². The van der Waals surface area contributed by atoms with Crippen molar-refractivity contribution in [2.45, 2.75) is 4.90 Å². The molecular weight excluding hydrogens is 196 g/mol. The quantitative estimate of drug-likeness (QED) is 0.669. The first-order chi connectivity index (χ1) is 6.70. The van der Waals surface area contributed by atoms with Gasteiger partial charge in [-0.3, -0.25) is 0 Å². The zero-order valence-electron chi connectivity index (χ0n) is 8.11. The number of fused-ring (bicyclic) bond motifs is 1. The van der Waals surface area contributed by atoms with Gasteiger partial charge in [0.1, 0.15) is 18.3 Å². The third kappa shape index (κ3) is 1.44. The summed E-state index contributed by atoms with van der Waals surface area (Å²) in [6.45, 7) is 0. The molecule has 2 nitrogen and oxygen atoms in total. The van der Waals surface area contributed by atoms with Crippen LogP contribution in [0.25, 0.3) is 11.3 Å². The van der Waals surface area contributed by atoms with Crippen LogP contribution >= 0.6 is 0 Å². The van der Waals surface area contributed by atoms with Crippen LogP contribution in [0, 0.1) is 0 Å². The molecule has 14 heavy (non-hydrogen) atoms. The minimum absolute atomic E-state index is 0.0618. The molecule has 72 valence electrons. The van der Waals surface area contributed by atoms with Crippen molar-refractivity contribution in [3.8, 4) is 11.3 Å². The largest absolute Gasteiger partial charge is 0.419 e. The molecule has 1 aliphatic carbocycles. The van der Waals surface area contributed by atoms with E-state index in [-0.39, 0.29) is 16.5 Å². The van der Waals surface area contributed by atoms with E-state index in [1.54, 1.807) is 0 Å². The number of rotatable bonds is 1. The molecule has 1 heterocycles. The molecule has 0 spiro atoms. The lowest BCUT2D eigenvalue weighted by Gasteiger charge is -1.90. The molecule has 0 saturated heterocycles. The summed E-state index contributed by atoms with van der Waals surface area (Å²) in [6.07, 6.45) is 4.05. The highest BCUT2D eigenvalue weighted by atomic mass is 32.2. The molecule has 0 N–H and O–H groups in total. The molecular formula is C11H11O2S+. The molecule has 0 unspecified atom stereocenters. The van der Waals surface area contributed by atoms with Crippen LogP contribution in [-0.2, 0) is 10.9 Å². The zero-order valence-corrected chi connectivity index (χ0v) is 8.93. The second-order valence-electron chi connectivity index (χ2n) is 3.22. The van der Waals surface area contributed by atoms with Crippen molar-refractivity contribution in [1.29, 1.82) is 0 Å². The monoisotopic (exact) mass is 207 g/mol. The molecule has 1 aliphatic heterocycles. The Morgan fingerprint density at radius 2 is 1.86 bits per heavy atom. The Kier molecular flexibility index (Phi) is 2.33. The number of furan rings is 1. The second kappa shape index (κ2) is 3.50. The van der Waals surface area contributed by atoms with E-state index in [1.165, 1.54) is 0 Å². The van der Waals surface area contributed by atoms with Crippen molar-refractivity contribution in [1.82, 2.24) is 0 Å². The van der Waals surface area contributed by atoms with Crippen LogP contribution in [0.15, 0.2) is 44.4 Å². The Balaban J connectivity index is 2.78. The Bertz CT molecular complexity index is 473. The van der Waals surface area contributed by atoms with Crippen molar-refractivity contribution >= 4 is 10.9 Å². The van der Waals surface area contributed by atoms with Gasteiger partial charge < -0.3 is 4.42 Å².